The summed E-state index contributed by atoms with van der Waals surface area (Å²) in [6, 6.07) is 1.70. The van der Waals surface area contributed by atoms with E-state index in [0.717, 1.165) is 11.4 Å². The molecule has 0 bridgehead atoms. The van der Waals surface area contributed by atoms with E-state index in [1.165, 1.54) is 6.26 Å². The lowest BCUT2D eigenvalue weighted by atomic mass is 9.80. The molecule has 4 rings (SSSR count). The van der Waals surface area contributed by atoms with E-state index in [2.05, 4.69) is 15.1 Å². The van der Waals surface area contributed by atoms with Gasteiger partial charge >= 0.3 is 0 Å². The Morgan fingerprint density at radius 1 is 1.27 bits per heavy atom. The summed E-state index contributed by atoms with van der Waals surface area (Å²) in [5.41, 5.74) is 1.53. The van der Waals surface area contributed by atoms with Crippen LogP contribution in [0.3, 0.4) is 0 Å². The van der Waals surface area contributed by atoms with Gasteiger partial charge in [-0.2, -0.15) is 9.40 Å². The monoisotopic (exact) mass is 378 g/mol. The molecule has 0 unspecified atom stereocenters. The van der Waals surface area contributed by atoms with Gasteiger partial charge in [-0.1, -0.05) is 0 Å². The molecule has 140 valence electrons. The molecule has 1 N–H and O–H groups in total. The molecule has 9 nitrogen and oxygen atoms in total. The predicted molar refractivity (Wildman–Crippen MR) is 93.9 cm³/mol. The molecular formula is C16H22N6O3S. The van der Waals surface area contributed by atoms with Gasteiger partial charge in [0.2, 0.25) is 10.0 Å². The van der Waals surface area contributed by atoms with Crippen LogP contribution < -0.4 is 0 Å². The van der Waals surface area contributed by atoms with E-state index < -0.39 is 15.6 Å². The third kappa shape index (κ3) is 2.64. The van der Waals surface area contributed by atoms with Crippen molar-refractivity contribution in [3.05, 3.63) is 35.7 Å². The SMILES string of the molecule is Cn1ccc(C(=O)N2CCC3(CC2)c2nc[nH]c2CCN3S(C)(=O)=O)n1. The lowest BCUT2D eigenvalue weighted by molar-refractivity contribution is 0.0458. The molecular weight excluding hydrogens is 356 g/mol. The number of piperidine rings is 1. The van der Waals surface area contributed by atoms with Crippen LogP contribution in [0.5, 0.6) is 0 Å². The molecule has 2 aliphatic rings. The smallest absolute Gasteiger partial charge is 0.274 e. The number of fused-ring (bicyclic) bond motifs is 2. The fourth-order valence-electron chi connectivity index (χ4n) is 4.20. The lowest BCUT2D eigenvalue weighted by Gasteiger charge is -2.49. The number of nitrogens with zero attached hydrogens (tertiary/aromatic N) is 5. The van der Waals surface area contributed by atoms with Crippen molar-refractivity contribution in [2.45, 2.75) is 24.8 Å². The van der Waals surface area contributed by atoms with Crippen molar-refractivity contribution < 1.29 is 13.2 Å². The highest BCUT2D eigenvalue weighted by molar-refractivity contribution is 7.88. The Bertz CT molecular complexity index is 939. The summed E-state index contributed by atoms with van der Waals surface area (Å²) in [4.78, 5) is 22.0. The van der Waals surface area contributed by atoms with Crippen LogP contribution in [0.4, 0.5) is 0 Å². The average Bonchev–Trinajstić information content (AvgIpc) is 3.23. The molecule has 10 heteroatoms. The maximum absolute atomic E-state index is 12.7. The Morgan fingerprint density at radius 3 is 2.62 bits per heavy atom. The van der Waals surface area contributed by atoms with Gasteiger partial charge in [-0.3, -0.25) is 9.48 Å². The lowest BCUT2D eigenvalue weighted by Crippen LogP contribution is -2.58. The second-order valence-corrected chi connectivity index (χ2v) is 8.92. The third-order valence-corrected chi connectivity index (χ3v) is 6.74. The highest BCUT2D eigenvalue weighted by Crippen LogP contribution is 2.43. The maximum atomic E-state index is 12.7. The minimum atomic E-state index is -3.38. The van der Waals surface area contributed by atoms with Gasteiger partial charge in [-0.15, -0.1) is 0 Å². The first-order valence-electron chi connectivity index (χ1n) is 8.61. The topological polar surface area (TPSA) is 104 Å². The third-order valence-electron chi connectivity index (χ3n) is 5.41. The number of hydrogen-bond acceptors (Lipinski definition) is 5. The zero-order valence-electron chi connectivity index (χ0n) is 14.8. The number of sulfonamides is 1. The molecule has 0 aliphatic carbocycles. The van der Waals surface area contributed by atoms with E-state index in [4.69, 9.17) is 0 Å². The summed E-state index contributed by atoms with van der Waals surface area (Å²) in [6.07, 6.45) is 6.29. The van der Waals surface area contributed by atoms with Crippen LogP contribution in [0, 0.1) is 0 Å². The largest absolute Gasteiger partial charge is 0.348 e. The van der Waals surface area contributed by atoms with Crippen molar-refractivity contribution in [3.63, 3.8) is 0 Å². The van der Waals surface area contributed by atoms with Crippen LogP contribution in [0.25, 0.3) is 0 Å². The molecule has 1 fully saturated rings. The number of H-pyrrole nitrogens is 1. The predicted octanol–water partition coefficient (Wildman–Crippen LogP) is 0.0924. The van der Waals surface area contributed by atoms with Gasteiger partial charge in [-0.05, 0) is 18.9 Å². The van der Waals surface area contributed by atoms with Crippen molar-refractivity contribution in [2.24, 2.45) is 7.05 Å². The summed E-state index contributed by atoms with van der Waals surface area (Å²) in [7, 11) is -1.61. The quantitative estimate of drug-likeness (QED) is 0.798. The van der Waals surface area contributed by atoms with Gasteiger partial charge in [0, 0.05) is 45.0 Å². The molecule has 0 aromatic carbocycles. The van der Waals surface area contributed by atoms with Crippen LogP contribution in [0.15, 0.2) is 18.6 Å². The number of carbonyl (C=O) groups is 1. The van der Waals surface area contributed by atoms with E-state index in [9.17, 15) is 13.2 Å². The summed E-state index contributed by atoms with van der Waals surface area (Å²) in [5.74, 6) is -0.121. The normalized spacial score (nSPS) is 20.3. The number of nitrogens with one attached hydrogen (secondary N) is 1. The maximum Gasteiger partial charge on any atom is 0.274 e. The van der Waals surface area contributed by atoms with Gasteiger partial charge in [0.1, 0.15) is 5.69 Å². The minimum absolute atomic E-state index is 0.121. The van der Waals surface area contributed by atoms with E-state index in [1.807, 2.05) is 0 Å². The molecule has 0 radical (unpaired) electrons. The molecule has 2 aliphatic heterocycles. The first-order chi connectivity index (χ1) is 12.3. The van der Waals surface area contributed by atoms with Crippen molar-refractivity contribution >= 4 is 15.9 Å². The number of imidazole rings is 1. The molecule has 26 heavy (non-hydrogen) atoms. The Morgan fingerprint density at radius 2 is 2.00 bits per heavy atom. The van der Waals surface area contributed by atoms with Crippen LogP contribution in [-0.2, 0) is 29.0 Å². The van der Waals surface area contributed by atoms with Gasteiger partial charge in [0.15, 0.2) is 0 Å². The molecule has 4 heterocycles. The second kappa shape index (κ2) is 5.92. The Balaban J connectivity index is 1.62. The molecule has 1 spiro atoms. The average molecular weight is 378 g/mol. The summed E-state index contributed by atoms with van der Waals surface area (Å²) in [5, 5.41) is 4.17. The number of rotatable bonds is 2. The Labute approximate surface area is 152 Å². The number of aryl methyl sites for hydroxylation is 1. The second-order valence-electron chi connectivity index (χ2n) is 7.01. The van der Waals surface area contributed by atoms with Gasteiger partial charge in [0.25, 0.3) is 5.91 Å². The molecule has 0 atom stereocenters. The zero-order valence-corrected chi connectivity index (χ0v) is 15.7. The Kier molecular flexibility index (Phi) is 3.92. The number of aromatic nitrogens is 4. The standard InChI is InChI=1S/C16H22N6O3S/c1-20-7-3-13(19-20)15(23)21-9-5-16(6-10-21)14-12(17-11-18-14)4-8-22(16)26(2,24)25/h3,7,11H,4-6,8-10H2,1-2H3,(H,17,18). The van der Waals surface area contributed by atoms with Gasteiger partial charge in [0.05, 0.1) is 23.8 Å². The van der Waals surface area contributed by atoms with Crippen LogP contribution in [0.2, 0.25) is 0 Å². The van der Waals surface area contributed by atoms with Crippen molar-refractivity contribution in [3.8, 4) is 0 Å². The number of aromatic amines is 1. The van der Waals surface area contributed by atoms with Crippen LogP contribution in [-0.4, -0.2) is 69.2 Å². The molecule has 2 aromatic heterocycles. The number of amides is 1. The van der Waals surface area contributed by atoms with E-state index >= 15 is 0 Å². The fourth-order valence-corrected chi connectivity index (χ4v) is 5.53. The summed E-state index contributed by atoms with van der Waals surface area (Å²) in [6.45, 7) is 1.36. The van der Waals surface area contributed by atoms with Crippen molar-refractivity contribution in [1.82, 2.24) is 29.0 Å². The zero-order chi connectivity index (χ0) is 18.5. The van der Waals surface area contributed by atoms with Gasteiger partial charge < -0.3 is 9.88 Å². The first-order valence-corrected chi connectivity index (χ1v) is 10.5. The Hall–Kier alpha value is -2.20. The van der Waals surface area contributed by atoms with Crippen molar-refractivity contribution in [1.29, 1.82) is 0 Å². The molecule has 1 saturated heterocycles. The number of hydrogen-bond donors (Lipinski definition) is 1. The molecule has 1 amide bonds. The number of likely N-dealkylation sites (tertiary alicyclic amines) is 1. The van der Waals surface area contributed by atoms with Gasteiger partial charge in [-0.25, -0.2) is 13.4 Å². The van der Waals surface area contributed by atoms with Crippen molar-refractivity contribution in [2.75, 3.05) is 25.9 Å². The fraction of sp³-hybridized carbons (Fsp3) is 0.562. The summed E-state index contributed by atoms with van der Waals surface area (Å²) < 4.78 is 28.0. The highest BCUT2D eigenvalue weighted by atomic mass is 32.2. The van der Waals surface area contributed by atoms with Crippen LogP contribution >= 0.6 is 0 Å². The van der Waals surface area contributed by atoms with E-state index in [1.54, 1.807) is 39.5 Å². The highest BCUT2D eigenvalue weighted by Gasteiger charge is 2.50. The minimum Gasteiger partial charge on any atom is -0.348 e. The summed E-state index contributed by atoms with van der Waals surface area (Å²) >= 11 is 0. The van der Waals surface area contributed by atoms with E-state index in [-0.39, 0.29) is 5.91 Å². The van der Waals surface area contributed by atoms with E-state index in [0.29, 0.717) is 44.6 Å². The van der Waals surface area contributed by atoms with Crippen LogP contribution in [0.1, 0.15) is 34.7 Å². The molecule has 0 saturated carbocycles. The molecule has 2 aromatic rings. The first kappa shape index (κ1) is 17.2. The number of carbonyl (C=O) groups excluding carboxylic acids is 1.